The number of H-pyrrole nitrogens is 1. The fourth-order valence-corrected chi connectivity index (χ4v) is 7.30. The number of fused-ring (bicyclic) bond motifs is 2. The van der Waals surface area contributed by atoms with E-state index in [4.69, 9.17) is 14.2 Å². The van der Waals surface area contributed by atoms with Crippen molar-refractivity contribution in [3.05, 3.63) is 38.3 Å². The van der Waals surface area contributed by atoms with Crippen molar-refractivity contribution in [2.45, 2.75) is 16.2 Å². The van der Waals surface area contributed by atoms with Gasteiger partial charge in [0.05, 0.1) is 31.3 Å². The summed E-state index contributed by atoms with van der Waals surface area (Å²) in [6, 6.07) is 4.96. The number of likely N-dealkylation sites (tertiary alicyclic amines) is 1. The van der Waals surface area contributed by atoms with Crippen LogP contribution in [0.3, 0.4) is 0 Å². The van der Waals surface area contributed by atoms with Gasteiger partial charge in [-0.05, 0) is 17.7 Å². The first kappa shape index (κ1) is 25.3. The van der Waals surface area contributed by atoms with Crippen molar-refractivity contribution >= 4 is 46.8 Å². The lowest BCUT2D eigenvalue weighted by Crippen LogP contribution is -2.43. The molecule has 1 aromatic carbocycles. The molecule has 3 amide bonds. The summed E-state index contributed by atoms with van der Waals surface area (Å²) in [4.78, 5) is 67.6. The Morgan fingerprint density at radius 3 is 2.62 bits per heavy atom. The summed E-state index contributed by atoms with van der Waals surface area (Å²) >= 11 is 2.02. The number of ether oxygens (including phenoxy) is 3. The van der Waals surface area contributed by atoms with Gasteiger partial charge in [-0.15, -0.1) is 0 Å². The second-order valence-corrected chi connectivity index (χ2v) is 10.8. The van der Waals surface area contributed by atoms with Crippen LogP contribution in [0.1, 0.15) is 16.4 Å². The van der Waals surface area contributed by atoms with Gasteiger partial charge in [-0.1, -0.05) is 29.2 Å². The molecular weight excluding hydrogens is 526 g/mol. The maximum absolute atomic E-state index is 13.3. The SMILES string of the molecule is COc1cc([C@H]2c3sc(=O)[nH]c3SC3C(=O)N(CC(=O)O)C(=O)C32)ccc1OCC(=O)N1CCOCC1. The van der Waals surface area contributed by atoms with Gasteiger partial charge in [0.1, 0.15) is 11.8 Å². The number of amides is 3. The molecule has 4 heterocycles. The Bertz CT molecular complexity index is 1320. The molecule has 37 heavy (non-hydrogen) atoms. The number of nitrogens with one attached hydrogen (secondary N) is 1. The van der Waals surface area contributed by atoms with E-state index in [-0.39, 0.29) is 17.4 Å². The van der Waals surface area contributed by atoms with Gasteiger partial charge in [0.15, 0.2) is 18.1 Å². The van der Waals surface area contributed by atoms with E-state index in [0.29, 0.717) is 53.3 Å². The molecule has 3 atom stereocenters. The maximum Gasteiger partial charge on any atom is 0.323 e. The van der Waals surface area contributed by atoms with Gasteiger partial charge < -0.3 is 29.2 Å². The number of morpholine rings is 1. The van der Waals surface area contributed by atoms with Gasteiger partial charge in [0.25, 0.3) is 5.91 Å². The van der Waals surface area contributed by atoms with Crippen molar-refractivity contribution in [1.29, 1.82) is 0 Å². The molecule has 12 nitrogen and oxygen atoms in total. The second-order valence-electron chi connectivity index (χ2n) is 8.60. The van der Waals surface area contributed by atoms with Crippen molar-refractivity contribution in [2.24, 2.45) is 5.92 Å². The van der Waals surface area contributed by atoms with Crippen LogP contribution in [0.5, 0.6) is 11.5 Å². The van der Waals surface area contributed by atoms with Crippen molar-refractivity contribution in [3.8, 4) is 11.5 Å². The highest BCUT2D eigenvalue weighted by atomic mass is 32.2. The van der Waals surface area contributed by atoms with Crippen molar-refractivity contribution < 1.29 is 38.5 Å². The normalized spacial score (nSPS) is 23.0. The Labute approximate surface area is 218 Å². The molecule has 3 aliphatic rings. The molecule has 0 radical (unpaired) electrons. The lowest BCUT2D eigenvalue weighted by Gasteiger charge is -2.30. The van der Waals surface area contributed by atoms with Gasteiger partial charge >= 0.3 is 10.8 Å². The number of imide groups is 1. The summed E-state index contributed by atoms with van der Waals surface area (Å²) in [7, 11) is 1.44. The van der Waals surface area contributed by atoms with Gasteiger partial charge in [-0.3, -0.25) is 28.9 Å². The number of nitrogens with zero attached hydrogens (tertiary/aromatic N) is 2. The first-order valence-corrected chi connectivity index (χ1v) is 13.1. The molecule has 2 N–H and O–H groups in total. The van der Waals surface area contributed by atoms with E-state index >= 15 is 0 Å². The van der Waals surface area contributed by atoms with E-state index in [2.05, 4.69) is 4.98 Å². The molecule has 2 unspecified atom stereocenters. The Kier molecular flexibility index (Phi) is 6.96. The molecule has 196 valence electrons. The standard InChI is InChI=1S/C23H23N3O9S2/c1-33-13-8-11(2-3-12(13)35-10-14(27)25-4-6-34-7-5-25)16-17-19(36-20-18(16)37-23(32)24-20)22(31)26(21(17)30)9-15(28)29/h2-3,8,16-17,19H,4-7,9-10H2,1H3,(H,24,32)(H,28,29)/t16-,17?,19?/m1/s1. The predicted molar refractivity (Wildman–Crippen MR) is 130 cm³/mol. The monoisotopic (exact) mass is 549 g/mol. The smallest absolute Gasteiger partial charge is 0.323 e. The van der Waals surface area contributed by atoms with E-state index in [1.165, 1.54) is 7.11 Å². The lowest BCUT2D eigenvalue weighted by molar-refractivity contribution is -0.149. The fourth-order valence-electron chi connectivity index (χ4n) is 4.76. The minimum Gasteiger partial charge on any atom is -0.493 e. The molecule has 2 saturated heterocycles. The van der Waals surface area contributed by atoms with Gasteiger partial charge in [0.2, 0.25) is 11.8 Å². The largest absolute Gasteiger partial charge is 0.493 e. The average molecular weight is 550 g/mol. The van der Waals surface area contributed by atoms with Gasteiger partial charge in [0, 0.05) is 23.9 Å². The summed E-state index contributed by atoms with van der Waals surface area (Å²) in [6.45, 7) is 1.02. The summed E-state index contributed by atoms with van der Waals surface area (Å²) in [5.74, 6) is -3.62. The van der Waals surface area contributed by atoms with E-state index in [1.807, 2.05) is 0 Å². The Morgan fingerprint density at radius 1 is 1.16 bits per heavy atom. The van der Waals surface area contributed by atoms with Crippen LogP contribution in [0, 0.1) is 5.92 Å². The number of hydrogen-bond donors (Lipinski definition) is 2. The zero-order valence-electron chi connectivity index (χ0n) is 19.6. The predicted octanol–water partition coefficient (Wildman–Crippen LogP) is 0.358. The lowest BCUT2D eigenvalue weighted by atomic mass is 9.83. The number of carboxylic acids is 1. The average Bonchev–Trinajstić information content (AvgIpc) is 3.38. The third kappa shape index (κ3) is 4.71. The summed E-state index contributed by atoms with van der Waals surface area (Å²) in [6.07, 6.45) is 0. The Hall–Kier alpha value is -3.36. The third-order valence-electron chi connectivity index (χ3n) is 6.47. The molecule has 1 aromatic heterocycles. The zero-order chi connectivity index (χ0) is 26.3. The highest BCUT2D eigenvalue weighted by Crippen LogP contribution is 2.53. The third-order valence-corrected chi connectivity index (χ3v) is 8.87. The van der Waals surface area contributed by atoms with Crippen LogP contribution in [-0.2, 0) is 23.9 Å². The molecule has 3 aliphatic heterocycles. The van der Waals surface area contributed by atoms with Crippen LogP contribution >= 0.6 is 23.1 Å². The van der Waals surface area contributed by atoms with E-state index in [9.17, 15) is 29.1 Å². The van der Waals surface area contributed by atoms with Crippen LogP contribution in [0.4, 0.5) is 0 Å². The Morgan fingerprint density at radius 2 is 1.92 bits per heavy atom. The fraction of sp³-hybridized carbons (Fsp3) is 0.435. The number of carbonyl (C=O) groups excluding carboxylic acids is 3. The maximum atomic E-state index is 13.3. The molecule has 0 bridgehead atoms. The number of benzene rings is 1. The van der Waals surface area contributed by atoms with Crippen LogP contribution in [0.15, 0.2) is 28.0 Å². The van der Waals surface area contributed by atoms with Crippen LogP contribution in [0.2, 0.25) is 0 Å². The summed E-state index contributed by atoms with van der Waals surface area (Å²) in [5, 5.41) is 8.81. The number of rotatable bonds is 7. The van der Waals surface area contributed by atoms with E-state index in [0.717, 1.165) is 28.0 Å². The number of aromatic nitrogens is 1. The number of thioether (sulfide) groups is 1. The molecule has 14 heteroatoms. The quantitative estimate of drug-likeness (QED) is 0.463. The second kappa shape index (κ2) is 10.2. The highest BCUT2D eigenvalue weighted by molar-refractivity contribution is 8.00. The van der Waals surface area contributed by atoms with Gasteiger partial charge in [-0.25, -0.2) is 0 Å². The molecule has 0 spiro atoms. The molecule has 2 fully saturated rings. The highest BCUT2D eigenvalue weighted by Gasteiger charge is 2.56. The molecule has 0 aliphatic carbocycles. The van der Waals surface area contributed by atoms with Crippen molar-refractivity contribution in [1.82, 2.24) is 14.8 Å². The van der Waals surface area contributed by atoms with Crippen molar-refractivity contribution in [2.75, 3.05) is 46.6 Å². The number of carboxylic acid groups (broad SMARTS) is 1. The molecule has 5 rings (SSSR count). The minimum absolute atomic E-state index is 0.183. The van der Waals surface area contributed by atoms with Crippen LogP contribution in [-0.4, -0.2) is 95.4 Å². The van der Waals surface area contributed by atoms with Crippen LogP contribution in [0.25, 0.3) is 0 Å². The number of aromatic amines is 1. The number of hydrogen-bond acceptors (Lipinski definition) is 10. The van der Waals surface area contributed by atoms with Crippen molar-refractivity contribution in [3.63, 3.8) is 0 Å². The van der Waals surface area contributed by atoms with E-state index in [1.54, 1.807) is 23.1 Å². The topological polar surface area (TPSA) is 156 Å². The molecule has 2 aromatic rings. The molecular formula is C23H23N3O9S2. The first-order chi connectivity index (χ1) is 17.8. The number of carbonyl (C=O) groups is 4. The van der Waals surface area contributed by atoms with Crippen LogP contribution < -0.4 is 14.3 Å². The zero-order valence-corrected chi connectivity index (χ0v) is 21.3. The summed E-state index contributed by atoms with van der Waals surface area (Å²) < 4.78 is 16.5. The Balaban J connectivity index is 1.45. The number of methoxy groups -OCH3 is 1. The first-order valence-electron chi connectivity index (χ1n) is 11.4. The number of thiazole rings is 1. The minimum atomic E-state index is -1.29. The molecule has 0 saturated carbocycles. The van der Waals surface area contributed by atoms with Gasteiger partial charge in [-0.2, -0.15) is 0 Å². The van der Waals surface area contributed by atoms with E-state index < -0.39 is 41.4 Å². The summed E-state index contributed by atoms with van der Waals surface area (Å²) in [5.41, 5.74) is 0.592. The number of aliphatic carboxylic acids is 1.